The molecule has 6 heteroatoms. The predicted molar refractivity (Wildman–Crippen MR) is 121 cm³/mol. The average molecular weight is 399 g/mol. The minimum Gasteiger partial charge on any atom is -0.353 e. The second-order valence-corrected chi connectivity index (χ2v) is 8.00. The third-order valence-electron chi connectivity index (χ3n) is 5.80. The topological polar surface area (TPSA) is 49.6 Å². The summed E-state index contributed by atoms with van der Waals surface area (Å²) in [7, 11) is 0. The molecule has 1 aromatic carbocycles. The molecule has 0 amide bonds. The van der Waals surface area contributed by atoms with Gasteiger partial charge in [0.1, 0.15) is 11.6 Å². The second-order valence-electron chi connectivity index (χ2n) is 8.00. The lowest BCUT2D eigenvalue weighted by molar-refractivity contribution is 0.633. The van der Waals surface area contributed by atoms with E-state index >= 15 is 0 Å². The molecule has 1 fully saturated rings. The van der Waals surface area contributed by atoms with E-state index in [1.807, 2.05) is 22.8 Å². The van der Waals surface area contributed by atoms with Crippen molar-refractivity contribution in [1.82, 2.24) is 19.6 Å². The number of benzene rings is 1. The highest BCUT2D eigenvalue weighted by molar-refractivity contribution is 5.72. The van der Waals surface area contributed by atoms with Gasteiger partial charge in [-0.05, 0) is 39.0 Å². The van der Waals surface area contributed by atoms with Gasteiger partial charge in [0.05, 0.1) is 5.69 Å². The highest BCUT2D eigenvalue weighted by atomic mass is 15.4. The monoisotopic (exact) mass is 398 g/mol. The standard InChI is InChI=1S/C24H26N6/c1-17-7-6-8-20(15-17)23-19(3)24-26-18(2)16-22(30(24)27-23)29-13-11-28(12-14-29)21-9-4-5-10-25-21/h4-10,15-16H,11-14H2,1-3H3. The van der Waals surface area contributed by atoms with E-state index in [9.17, 15) is 0 Å². The van der Waals surface area contributed by atoms with E-state index in [1.165, 1.54) is 5.56 Å². The number of hydrogen-bond donors (Lipinski definition) is 0. The first-order valence-electron chi connectivity index (χ1n) is 10.4. The van der Waals surface area contributed by atoms with Gasteiger partial charge in [-0.3, -0.25) is 0 Å². The molecule has 30 heavy (non-hydrogen) atoms. The van der Waals surface area contributed by atoms with Gasteiger partial charge in [-0.15, -0.1) is 0 Å². The highest BCUT2D eigenvalue weighted by Gasteiger charge is 2.22. The molecule has 0 radical (unpaired) electrons. The van der Waals surface area contributed by atoms with Gasteiger partial charge >= 0.3 is 0 Å². The lowest BCUT2D eigenvalue weighted by Crippen LogP contribution is -2.47. The van der Waals surface area contributed by atoms with Crippen LogP contribution in [0, 0.1) is 20.8 Å². The zero-order valence-corrected chi connectivity index (χ0v) is 17.7. The van der Waals surface area contributed by atoms with Crippen LogP contribution in [0.15, 0.2) is 54.7 Å². The molecule has 0 N–H and O–H groups in total. The Hall–Kier alpha value is -3.41. The predicted octanol–water partition coefficient (Wildman–Crippen LogP) is 4.04. The summed E-state index contributed by atoms with van der Waals surface area (Å²) < 4.78 is 2.02. The van der Waals surface area contributed by atoms with E-state index in [-0.39, 0.29) is 0 Å². The van der Waals surface area contributed by atoms with E-state index in [0.29, 0.717) is 0 Å². The van der Waals surface area contributed by atoms with E-state index in [1.54, 1.807) is 0 Å². The lowest BCUT2D eigenvalue weighted by Gasteiger charge is -2.36. The van der Waals surface area contributed by atoms with E-state index in [4.69, 9.17) is 10.1 Å². The largest absolute Gasteiger partial charge is 0.353 e. The number of pyridine rings is 1. The maximum absolute atomic E-state index is 5.00. The summed E-state index contributed by atoms with van der Waals surface area (Å²) >= 11 is 0. The normalized spacial score (nSPS) is 14.5. The number of nitrogens with zero attached hydrogens (tertiary/aromatic N) is 6. The van der Waals surface area contributed by atoms with Gasteiger partial charge in [-0.2, -0.15) is 9.61 Å². The summed E-state index contributed by atoms with van der Waals surface area (Å²) in [5.41, 5.74) is 6.46. The quantitative estimate of drug-likeness (QED) is 0.521. The van der Waals surface area contributed by atoms with Crippen LogP contribution < -0.4 is 9.80 Å². The number of rotatable bonds is 3. The molecule has 0 bridgehead atoms. The van der Waals surface area contributed by atoms with Crippen molar-refractivity contribution in [2.24, 2.45) is 0 Å². The van der Waals surface area contributed by atoms with Crippen molar-refractivity contribution in [3.63, 3.8) is 0 Å². The molecule has 0 aliphatic carbocycles. The smallest absolute Gasteiger partial charge is 0.161 e. The van der Waals surface area contributed by atoms with Crippen LogP contribution in [0.5, 0.6) is 0 Å². The van der Waals surface area contributed by atoms with E-state index < -0.39 is 0 Å². The minimum atomic E-state index is 0.924. The number of hydrogen-bond acceptors (Lipinski definition) is 5. The molecule has 1 saturated heterocycles. The Morgan fingerprint density at radius 2 is 1.63 bits per heavy atom. The van der Waals surface area contributed by atoms with Gasteiger partial charge in [0.15, 0.2) is 5.65 Å². The second kappa shape index (κ2) is 7.44. The molecule has 0 spiro atoms. The SMILES string of the molecule is Cc1cccc(-c2nn3c(N4CCN(c5ccccn5)CC4)cc(C)nc3c2C)c1. The third-order valence-corrected chi connectivity index (χ3v) is 5.80. The number of aryl methyl sites for hydroxylation is 3. The minimum absolute atomic E-state index is 0.924. The van der Waals surface area contributed by atoms with Gasteiger partial charge in [0.25, 0.3) is 0 Å². The maximum atomic E-state index is 5.00. The van der Waals surface area contributed by atoms with Crippen molar-refractivity contribution < 1.29 is 0 Å². The van der Waals surface area contributed by atoms with Crippen LogP contribution in [0.4, 0.5) is 11.6 Å². The summed E-state index contributed by atoms with van der Waals surface area (Å²) in [4.78, 5) is 14.1. The Morgan fingerprint density at radius 3 is 2.37 bits per heavy atom. The Balaban J connectivity index is 1.50. The Kier molecular flexibility index (Phi) is 4.62. The molecule has 0 unspecified atom stereocenters. The van der Waals surface area contributed by atoms with Gasteiger partial charge in [-0.1, -0.05) is 29.8 Å². The summed E-state index contributed by atoms with van der Waals surface area (Å²) in [6, 6.07) is 16.7. The first-order chi connectivity index (χ1) is 14.6. The number of piperazine rings is 1. The summed E-state index contributed by atoms with van der Waals surface area (Å²) in [6.45, 7) is 10.0. The molecular weight excluding hydrogens is 372 g/mol. The van der Waals surface area contributed by atoms with E-state index in [2.05, 4.69) is 72.0 Å². The Labute approximate surface area is 176 Å². The van der Waals surface area contributed by atoms with E-state index in [0.717, 1.165) is 66.0 Å². The maximum Gasteiger partial charge on any atom is 0.161 e. The van der Waals surface area contributed by atoms with Crippen LogP contribution in [0.1, 0.15) is 16.8 Å². The molecule has 0 saturated carbocycles. The van der Waals surface area contributed by atoms with Crippen molar-refractivity contribution in [2.75, 3.05) is 36.0 Å². The van der Waals surface area contributed by atoms with Gasteiger partial charge in [0.2, 0.25) is 0 Å². The molecule has 3 aromatic heterocycles. The molecular formula is C24H26N6. The molecule has 1 aliphatic rings. The van der Waals surface area contributed by atoms with Crippen LogP contribution in [0.2, 0.25) is 0 Å². The Bertz CT molecular complexity index is 1190. The lowest BCUT2D eigenvalue weighted by atomic mass is 10.1. The van der Waals surface area contributed by atoms with Crippen molar-refractivity contribution in [3.8, 4) is 11.3 Å². The van der Waals surface area contributed by atoms with Crippen molar-refractivity contribution in [1.29, 1.82) is 0 Å². The third kappa shape index (κ3) is 3.28. The van der Waals surface area contributed by atoms with Crippen LogP contribution in [0.25, 0.3) is 16.9 Å². The van der Waals surface area contributed by atoms with Crippen molar-refractivity contribution in [3.05, 3.63) is 71.5 Å². The molecule has 6 nitrogen and oxygen atoms in total. The van der Waals surface area contributed by atoms with Gasteiger partial charge in [0, 0.05) is 55.3 Å². The first kappa shape index (κ1) is 18.6. The van der Waals surface area contributed by atoms with Crippen LogP contribution in [0.3, 0.4) is 0 Å². The molecule has 0 atom stereocenters. The molecule has 1 aliphatic heterocycles. The van der Waals surface area contributed by atoms with Crippen LogP contribution in [-0.4, -0.2) is 45.8 Å². The number of anilines is 2. The summed E-state index contributed by atoms with van der Waals surface area (Å²) in [5, 5.41) is 5.00. The fraction of sp³-hybridized carbons (Fsp3) is 0.292. The molecule has 4 heterocycles. The summed E-state index contributed by atoms with van der Waals surface area (Å²) in [6.07, 6.45) is 1.86. The molecule has 152 valence electrons. The fourth-order valence-corrected chi connectivity index (χ4v) is 4.22. The zero-order chi connectivity index (χ0) is 20.7. The average Bonchev–Trinajstić information content (AvgIpc) is 3.10. The molecule has 5 rings (SSSR count). The zero-order valence-electron chi connectivity index (χ0n) is 17.7. The first-order valence-corrected chi connectivity index (χ1v) is 10.4. The molecule has 4 aromatic rings. The highest BCUT2D eigenvalue weighted by Crippen LogP contribution is 2.29. The van der Waals surface area contributed by atoms with Gasteiger partial charge < -0.3 is 9.80 Å². The number of fused-ring (bicyclic) bond motifs is 1. The number of aromatic nitrogens is 4. The van der Waals surface area contributed by atoms with Crippen molar-refractivity contribution in [2.45, 2.75) is 20.8 Å². The van der Waals surface area contributed by atoms with Gasteiger partial charge in [-0.25, -0.2) is 9.97 Å². The Morgan fingerprint density at radius 1 is 0.833 bits per heavy atom. The van der Waals surface area contributed by atoms with Crippen LogP contribution >= 0.6 is 0 Å². The van der Waals surface area contributed by atoms with Crippen molar-refractivity contribution >= 4 is 17.3 Å². The van der Waals surface area contributed by atoms with Crippen LogP contribution in [-0.2, 0) is 0 Å². The fourth-order valence-electron chi connectivity index (χ4n) is 4.22. The summed E-state index contributed by atoms with van der Waals surface area (Å²) in [5.74, 6) is 2.16.